The molecular weight excluding hydrogens is 426 g/mol. The van der Waals surface area contributed by atoms with Gasteiger partial charge in [0, 0.05) is 61.7 Å². The van der Waals surface area contributed by atoms with Crippen LogP contribution in [0.2, 0.25) is 0 Å². The van der Waals surface area contributed by atoms with Crippen molar-refractivity contribution < 1.29 is 9.59 Å². The van der Waals surface area contributed by atoms with Gasteiger partial charge in [-0.25, -0.2) is 4.68 Å². The van der Waals surface area contributed by atoms with Crippen molar-refractivity contribution in [3.63, 3.8) is 0 Å². The van der Waals surface area contributed by atoms with Crippen molar-refractivity contribution in [3.05, 3.63) is 71.9 Å². The van der Waals surface area contributed by atoms with Gasteiger partial charge in [0.05, 0.1) is 12.2 Å². The first-order valence-corrected chi connectivity index (χ1v) is 11.7. The maximum absolute atomic E-state index is 12.7. The summed E-state index contributed by atoms with van der Waals surface area (Å²) in [6, 6.07) is 18.4. The smallest absolute Gasteiger partial charge is 0.229 e. The Kier molecular flexibility index (Phi) is 5.92. The molecule has 1 aliphatic rings. The Hall–Kier alpha value is -3.87. The number of carbonyl (C=O) groups excluding carboxylic acids is 2. The van der Waals surface area contributed by atoms with Crippen molar-refractivity contribution in [2.45, 2.75) is 39.3 Å². The number of benzene rings is 2. The van der Waals surface area contributed by atoms with E-state index in [0.717, 1.165) is 33.5 Å². The summed E-state index contributed by atoms with van der Waals surface area (Å²) in [5.41, 5.74) is 5.33. The SMILES string of the molecule is Cc1cccc(CNC(=O)CCCN2C(=O)CCn3nc(-c4cn(C)c5ccccc45)cc32)c1. The number of hydrogen-bond donors (Lipinski definition) is 1. The van der Waals surface area contributed by atoms with Gasteiger partial charge in [-0.15, -0.1) is 0 Å². The molecule has 34 heavy (non-hydrogen) atoms. The van der Waals surface area contributed by atoms with Gasteiger partial charge in [0.2, 0.25) is 11.8 Å². The van der Waals surface area contributed by atoms with Gasteiger partial charge in [0.15, 0.2) is 0 Å². The molecule has 0 spiro atoms. The first kappa shape index (κ1) is 21.9. The van der Waals surface area contributed by atoms with Crippen LogP contribution in [-0.2, 0) is 29.7 Å². The zero-order chi connectivity index (χ0) is 23.7. The zero-order valence-corrected chi connectivity index (χ0v) is 19.6. The van der Waals surface area contributed by atoms with Crippen LogP contribution in [0.5, 0.6) is 0 Å². The summed E-state index contributed by atoms with van der Waals surface area (Å²) in [5, 5.41) is 8.93. The van der Waals surface area contributed by atoms with Crippen LogP contribution in [0.4, 0.5) is 5.82 Å². The van der Waals surface area contributed by atoms with Crippen molar-refractivity contribution in [1.82, 2.24) is 19.7 Å². The molecule has 0 aliphatic carbocycles. The van der Waals surface area contributed by atoms with E-state index < -0.39 is 0 Å². The average Bonchev–Trinajstić information content (AvgIpc) is 3.41. The molecule has 2 aromatic heterocycles. The van der Waals surface area contributed by atoms with Crippen LogP contribution in [0.3, 0.4) is 0 Å². The largest absolute Gasteiger partial charge is 0.352 e. The first-order valence-electron chi connectivity index (χ1n) is 11.7. The molecule has 0 saturated heterocycles. The maximum atomic E-state index is 12.7. The van der Waals surface area contributed by atoms with Crippen LogP contribution < -0.4 is 10.2 Å². The highest BCUT2D eigenvalue weighted by Gasteiger charge is 2.27. The van der Waals surface area contributed by atoms with Gasteiger partial charge in [-0.3, -0.25) is 14.5 Å². The van der Waals surface area contributed by atoms with E-state index in [-0.39, 0.29) is 11.8 Å². The zero-order valence-electron chi connectivity index (χ0n) is 19.6. The number of aryl methyl sites for hydroxylation is 3. The van der Waals surface area contributed by atoms with Crippen molar-refractivity contribution in [2.75, 3.05) is 11.4 Å². The fourth-order valence-corrected chi connectivity index (χ4v) is 4.68. The van der Waals surface area contributed by atoms with Crippen molar-refractivity contribution in [2.24, 2.45) is 7.05 Å². The minimum Gasteiger partial charge on any atom is -0.352 e. The molecule has 7 heteroatoms. The van der Waals surface area contributed by atoms with Gasteiger partial charge >= 0.3 is 0 Å². The van der Waals surface area contributed by atoms with Crippen molar-refractivity contribution in [1.29, 1.82) is 0 Å². The molecule has 2 aromatic carbocycles. The third-order valence-corrected chi connectivity index (χ3v) is 6.40. The molecule has 3 heterocycles. The van der Waals surface area contributed by atoms with E-state index in [0.29, 0.717) is 38.9 Å². The number of amides is 2. The Labute approximate surface area is 199 Å². The van der Waals surface area contributed by atoms with Gasteiger partial charge in [-0.05, 0) is 25.0 Å². The van der Waals surface area contributed by atoms with Crippen LogP contribution in [0.25, 0.3) is 22.2 Å². The van der Waals surface area contributed by atoms with Gasteiger partial charge in [-0.1, -0.05) is 48.0 Å². The Morgan fingerprint density at radius 1 is 1.12 bits per heavy atom. The summed E-state index contributed by atoms with van der Waals surface area (Å²) < 4.78 is 4.01. The molecule has 1 N–H and O–H groups in total. The molecule has 174 valence electrons. The first-order chi connectivity index (χ1) is 16.5. The molecule has 0 atom stereocenters. The standard InChI is InChI=1S/C27H29N5O2/c1-19-7-5-8-20(15-19)17-28-25(33)11-6-13-31-26-16-23(29-32(26)14-12-27(31)34)22-18-30(2)24-10-4-3-9-21(22)24/h3-5,7-10,15-16,18H,6,11-14,17H2,1-2H3,(H,28,33). The van der Waals surface area contributed by atoms with E-state index in [9.17, 15) is 9.59 Å². The van der Waals surface area contributed by atoms with Gasteiger partial charge in [-0.2, -0.15) is 5.10 Å². The summed E-state index contributed by atoms with van der Waals surface area (Å²) in [6.07, 6.45) is 3.48. The van der Waals surface area contributed by atoms with E-state index >= 15 is 0 Å². The van der Waals surface area contributed by atoms with E-state index in [1.807, 2.05) is 55.1 Å². The average molecular weight is 456 g/mol. The normalized spacial score (nSPS) is 13.4. The molecule has 0 unspecified atom stereocenters. The van der Waals surface area contributed by atoms with E-state index in [4.69, 9.17) is 5.10 Å². The second kappa shape index (κ2) is 9.17. The van der Waals surface area contributed by atoms with E-state index in [1.54, 1.807) is 4.90 Å². The summed E-state index contributed by atoms with van der Waals surface area (Å²) in [7, 11) is 2.03. The molecule has 7 nitrogen and oxygen atoms in total. The lowest BCUT2D eigenvalue weighted by Gasteiger charge is -2.27. The number of fused-ring (bicyclic) bond motifs is 2. The predicted octanol–water partition coefficient (Wildman–Crippen LogP) is 4.18. The molecule has 0 fully saturated rings. The predicted molar refractivity (Wildman–Crippen MR) is 133 cm³/mol. The number of anilines is 1. The fraction of sp³-hybridized carbons (Fsp3) is 0.296. The summed E-state index contributed by atoms with van der Waals surface area (Å²) in [4.78, 5) is 26.8. The number of nitrogens with zero attached hydrogens (tertiary/aromatic N) is 4. The summed E-state index contributed by atoms with van der Waals surface area (Å²) in [6.45, 7) is 3.63. The van der Waals surface area contributed by atoms with Crippen LogP contribution in [0, 0.1) is 6.92 Å². The second-order valence-electron chi connectivity index (χ2n) is 8.95. The lowest BCUT2D eigenvalue weighted by atomic mass is 10.1. The monoisotopic (exact) mass is 455 g/mol. The minimum atomic E-state index is -0.00378. The summed E-state index contributed by atoms with van der Waals surface area (Å²) >= 11 is 0. The Morgan fingerprint density at radius 3 is 2.82 bits per heavy atom. The molecule has 0 bridgehead atoms. The van der Waals surface area contributed by atoms with Crippen LogP contribution in [0.1, 0.15) is 30.4 Å². The Bertz CT molecular complexity index is 1370. The molecule has 0 saturated carbocycles. The van der Waals surface area contributed by atoms with Crippen molar-refractivity contribution >= 4 is 28.5 Å². The number of para-hydroxylation sites is 1. The number of nitrogens with one attached hydrogen (secondary N) is 1. The summed E-state index contributed by atoms with van der Waals surface area (Å²) in [5.74, 6) is 0.882. The molecular formula is C27H29N5O2. The Morgan fingerprint density at radius 2 is 1.97 bits per heavy atom. The topological polar surface area (TPSA) is 72.2 Å². The molecule has 0 radical (unpaired) electrons. The number of carbonyl (C=O) groups is 2. The quantitative estimate of drug-likeness (QED) is 0.454. The third kappa shape index (κ3) is 4.33. The highest BCUT2D eigenvalue weighted by molar-refractivity contribution is 5.98. The van der Waals surface area contributed by atoms with Gasteiger partial charge in [0.25, 0.3) is 0 Å². The molecule has 5 rings (SSSR count). The lowest BCUT2D eigenvalue weighted by Crippen LogP contribution is -2.38. The van der Waals surface area contributed by atoms with Crippen LogP contribution in [0.15, 0.2) is 60.8 Å². The van der Waals surface area contributed by atoms with E-state index in [2.05, 4.69) is 34.3 Å². The van der Waals surface area contributed by atoms with Crippen LogP contribution >= 0.6 is 0 Å². The highest BCUT2D eigenvalue weighted by Crippen LogP contribution is 2.33. The molecule has 4 aromatic rings. The van der Waals surface area contributed by atoms with Crippen LogP contribution in [-0.4, -0.2) is 32.7 Å². The van der Waals surface area contributed by atoms with Gasteiger partial charge < -0.3 is 9.88 Å². The highest BCUT2D eigenvalue weighted by atomic mass is 16.2. The molecule has 1 aliphatic heterocycles. The van der Waals surface area contributed by atoms with E-state index in [1.165, 1.54) is 5.56 Å². The molecule has 2 amide bonds. The lowest BCUT2D eigenvalue weighted by molar-refractivity contribution is -0.122. The second-order valence-corrected chi connectivity index (χ2v) is 8.95. The number of aromatic nitrogens is 3. The van der Waals surface area contributed by atoms with Crippen molar-refractivity contribution in [3.8, 4) is 11.3 Å². The number of rotatable bonds is 7. The fourth-order valence-electron chi connectivity index (χ4n) is 4.68. The third-order valence-electron chi connectivity index (χ3n) is 6.40. The Balaban J connectivity index is 1.26. The van der Waals surface area contributed by atoms with Gasteiger partial charge in [0.1, 0.15) is 5.82 Å². The maximum Gasteiger partial charge on any atom is 0.229 e. The minimum absolute atomic E-state index is 0.00378. The number of hydrogen-bond acceptors (Lipinski definition) is 3.